The molecular formula is C19H14ClNO5. The molecule has 6 nitrogen and oxygen atoms in total. The number of aromatic amines is 1. The molecule has 0 bridgehead atoms. The van der Waals surface area contributed by atoms with Gasteiger partial charge in [-0.05, 0) is 19.1 Å². The lowest BCUT2D eigenvalue weighted by atomic mass is 9.93. The van der Waals surface area contributed by atoms with Crippen molar-refractivity contribution in [3.63, 3.8) is 0 Å². The van der Waals surface area contributed by atoms with Crippen LogP contribution in [0.2, 0.25) is 5.02 Å². The highest BCUT2D eigenvalue weighted by Gasteiger charge is 2.35. The fourth-order valence-electron chi connectivity index (χ4n) is 2.87. The molecule has 0 aliphatic carbocycles. The molecule has 0 atom stereocenters. The summed E-state index contributed by atoms with van der Waals surface area (Å²) < 4.78 is 0. The second kappa shape index (κ2) is 6.65. The highest BCUT2D eigenvalue weighted by atomic mass is 35.5. The first kappa shape index (κ1) is 17.7. The molecule has 0 unspecified atom stereocenters. The predicted molar refractivity (Wildman–Crippen MR) is 95.9 cm³/mol. The molecule has 2 aromatic carbocycles. The van der Waals surface area contributed by atoms with Crippen LogP contribution in [0.25, 0.3) is 10.9 Å². The number of aryl methyl sites for hydroxylation is 1. The number of aromatic nitrogens is 1. The largest absolute Gasteiger partial charge is 0.480 e. The van der Waals surface area contributed by atoms with Crippen LogP contribution in [0.5, 0.6) is 0 Å². The standard InChI is InChI=1S/C19H14ClNO5/c1-9-2-4-10(5-3-9)17(22)16-14(15(18(23)24)19(25)26)12-7-6-11(20)8-13(12)21-16/h2-8,15,21H,1H3,(H,23,24)(H,25,26). The van der Waals surface area contributed by atoms with Crippen molar-refractivity contribution in [1.82, 2.24) is 4.98 Å². The molecule has 132 valence electrons. The van der Waals surface area contributed by atoms with Crippen LogP contribution < -0.4 is 0 Å². The molecule has 1 heterocycles. The van der Waals surface area contributed by atoms with E-state index in [-0.39, 0.29) is 11.3 Å². The van der Waals surface area contributed by atoms with E-state index in [1.807, 2.05) is 6.92 Å². The first-order valence-corrected chi connectivity index (χ1v) is 8.05. The van der Waals surface area contributed by atoms with Gasteiger partial charge in [-0.3, -0.25) is 14.4 Å². The number of fused-ring (bicyclic) bond motifs is 1. The van der Waals surface area contributed by atoms with Crippen LogP contribution in [0.1, 0.15) is 33.1 Å². The third-order valence-corrected chi connectivity index (χ3v) is 4.36. The Morgan fingerprint density at radius 2 is 1.62 bits per heavy atom. The fourth-order valence-corrected chi connectivity index (χ4v) is 3.04. The molecule has 0 radical (unpaired) electrons. The average Bonchev–Trinajstić information content (AvgIpc) is 2.92. The van der Waals surface area contributed by atoms with E-state index in [0.717, 1.165) is 5.56 Å². The number of nitrogens with one attached hydrogen (secondary N) is 1. The van der Waals surface area contributed by atoms with E-state index in [4.69, 9.17) is 11.6 Å². The average molecular weight is 372 g/mol. The van der Waals surface area contributed by atoms with E-state index < -0.39 is 23.6 Å². The van der Waals surface area contributed by atoms with Crippen molar-refractivity contribution < 1.29 is 24.6 Å². The van der Waals surface area contributed by atoms with Gasteiger partial charge in [0.2, 0.25) is 5.78 Å². The van der Waals surface area contributed by atoms with Crippen molar-refractivity contribution in [3.8, 4) is 0 Å². The van der Waals surface area contributed by atoms with Crippen LogP contribution in [0.4, 0.5) is 0 Å². The summed E-state index contributed by atoms with van der Waals surface area (Å²) in [7, 11) is 0. The molecule has 0 amide bonds. The fraction of sp³-hybridized carbons (Fsp3) is 0.105. The summed E-state index contributed by atoms with van der Waals surface area (Å²) in [5, 5.41) is 19.5. The Hall–Kier alpha value is -3.12. The number of hydrogen-bond acceptors (Lipinski definition) is 3. The van der Waals surface area contributed by atoms with Gasteiger partial charge in [-0.1, -0.05) is 47.5 Å². The number of rotatable bonds is 5. The number of halogens is 1. The maximum Gasteiger partial charge on any atom is 0.322 e. The minimum absolute atomic E-state index is 0.0686. The Kier molecular flexibility index (Phi) is 4.52. The lowest BCUT2D eigenvalue weighted by molar-refractivity contribution is -0.149. The van der Waals surface area contributed by atoms with E-state index in [9.17, 15) is 24.6 Å². The molecule has 0 aliphatic heterocycles. The second-order valence-electron chi connectivity index (χ2n) is 5.91. The lowest BCUT2D eigenvalue weighted by Crippen LogP contribution is -2.23. The SMILES string of the molecule is Cc1ccc(C(=O)c2[nH]c3cc(Cl)ccc3c2C(C(=O)O)C(=O)O)cc1. The number of ketones is 1. The molecule has 3 rings (SSSR count). The normalized spacial score (nSPS) is 11.0. The minimum Gasteiger partial charge on any atom is -0.480 e. The summed E-state index contributed by atoms with van der Waals surface area (Å²) in [5.74, 6) is -5.47. The maximum absolute atomic E-state index is 12.9. The van der Waals surface area contributed by atoms with Crippen molar-refractivity contribution in [1.29, 1.82) is 0 Å². The Morgan fingerprint density at radius 3 is 2.19 bits per heavy atom. The Bertz CT molecular complexity index is 1020. The molecule has 1 aromatic heterocycles. The van der Waals surface area contributed by atoms with Gasteiger partial charge in [-0.2, -0.15) is 0 Å². The highest BCUT2D eigenvalue weighted by molar-refractivity contribution is 6.31. The topological polar surface area (TPSA) is 107 Å². The Labute approximate surface area is 153 Å². The summed E-state index contributed by atoms with van der Waals surface area (Å²) in [6.07, 6.45) is 0. The van der Waals surface area contributed by atoms with Crippen molar-refractivity contribution in [2.24, 2.45) is 0 Å². The number of hydrogen-bond donors (Lipinski definition) is 3. The van der Waals surface area contributed by atoms with E-state index >= 15 is 0 Å². The molecule has 0 saturated heterocycles. The van der Waals surface area contributed by atoms with Gasteiger partial charge in [0.1, 0.15) is 0 Å². The summed E-state index contributed by atoms with van der Waals surface area (Å²) in [4.78, 5) is 38.9. The summed E-state index contributed by atoms with van der Waals surface area (Å²) in [6.45, 7) is 1.87. The van der Waals surface area contributed by atoms with Crippen molar-refractivity contribution in [2.45, 2.75) is 12.8 Å². The number of carbonyl (C=O) groups is 3. The molecule has 0 aliphatic rings. The van der Waals surface area contributed by atoms with Crippen molar-refractivity contribution in [3.05, 3.63) is 69.9 Å². The number of carboxylic acids is 2. The third kappa shape index (κ3) is 3.07. The smallest absolute Gasteiger partial charge is 0.322 e. The van der Waals surface area contributed by atoms with Gasteiger partial charge in [0.25, 0.3) is 0 Å². The minimum atomic E-state index is -1.88. The quantitative estimate of drug-likeness (QED) is 0.469. The van der Waals surface area contributed by atoms with Crippen LogP contribution in [0.15, 0.2) is 42.5 Å². The van der Waals surface area contributed by atoms with Gasteiger partial charge in [-0.15, -0.1) is 0 Å². The van der Waals surface area contributed by atoms with Crippen LogP contribution in [-0.2, 0) is 9.59 Å². The Morgan fingerprint density at radius 1 is 1.00 bits per heavy atom. The van der Waals surface area contributed by atoms with Crippen LogP contribution in [0, 0.1) is 6.92 Å². The molecule has 3 aromatic rings. The van der Waals surface area contributed by atoms with Crippen molar-refractivity contribution in [2.75, 3.05) is 0 Å². The van der Waals surface area contributed by atoms with E-state index in [2.05, 4.69) is 4.98 Å². The van der Waals surface area contributed by atoms with Gasteiger partial charge in [0, 0.05) is 27.1 Å². The first-order valence-electron chi connectivity index (χ1n) is 7.67. The molecular weight excluding hydrogens is 358 g/mol. The van der Waals surface area contributed by atoms with E-state index in [0.29, 0.717) is 21.5 Å². The lowest BCUT2D eigenvalue weighted by Gasteiger charge is -2.10. The van der Waals surface area contributed by atoms with Gasteiger partial charge in [0.05, 0.1) is 5.69 Å². The first-order chi connectivity index (χ1) is 12.3. The van der Waals surface area contributed by atoms with Crippen molar-refractivity contribution >= 4 is 40.2 Å². The predicted octanol–water partition coefficient (Wildman–Crippen LogP) is 3.61. The molecule has 7 heteroatoms. The number of carbonyl (C=O) groups excluding carboxylic acids is 1. The second-order valence-corrected chi connectivity index (χ2v) is 6.34. The molecule has 0 saturated carbocycles. The zero-order valence-corrected chi connectivity index (χ0v) is 14.4. The van der Waals surface area contributed by atoms with Crippen LogP contribution in [-0.4, -0.2) is 32.9 Å². The van der Waals surface area contributed by atoms with Gasteiger partial charge in [0.15, 0.2) is 5.92 Å². The summed E-state index contributed by atoms with van der Waals surface area (Å²) in [5.41, 5.74) is 1.53. The maximum atomic E-state index is 12.9. The molecule has 3 N–H and O–H groups in total. The zero-order valence-electron chi connectivity index (χ0n) is 13.6. The summed E-state index contributed by atoms with van der Waals surface area (Å²) >= 11 is 5.96. The van der Waals surface area contributed by atoms with E-state index in [1.54, 1.807) is 24.3 Å². The van der Waals surface area contributed by atoms with Crippen LogP contribution in [0.3, 0.4) is 0 Å². The van der Waals surface area contributed by atoms with Crippen LogP contribution >= 0.6 is 11.6 Å². The number of carboxylic acid groups (broad SMARTS) is 2. The Balaban J connectivity index is 2.28. The number of benzene rings is 2. The van der Waals surface area contributed by atoms with Gasteiger partial charge < -0.3 is 15.2 Å². The third-order valence-electron chi connectivity index (χ3n) is 4.12. The highest BCUT2D eigenvalue weighted by Crippen LogP contribution is 2.33. The number of H-pyrrole nitrogens is 1. The monoisotopic (exact) mass is 371 g/mol. The van der Waals surface area contributed by atoms with E-state index in [1.165, 1.54) is 18.2 Å². The molecule has 0 fully saturated rings. The molecule has 26 heavy (non-hydrogen) atoms. The van der Waals surface area contributed by atoms with Gasteiger partial charge >= 0.3 is 11.9 Å². The summed E-state index contributed by atoms with van der Waals surface area (Å²) in [6, 6.07) is 11.3. The number of aliphatic carboxylic acids is 2. The zero-order chi connectivity index (χ0) is 19.0. The van der Waals surface area contributed by atoms with Gasteiger partial charge in [-0.25, -0.2) is 0 Å². The molecule has 0 spiro atoms.